The highest BCUT2D eigenvalue weighted by Gasteiger charge is 2.15. The number of benzene rings is 1. The van der Waals surface area contributed by atoms with E-state index in [0.29, 0.717) is 17.4 Å². The van der Waals surface area contributed by atoms with Gasteiger partial charge < -0.3 is 9.63 Å². The lowest BCUT2D eigenvalue weighted by Gasteiger charge is -2.07. The van der Waals surface area contributed by atoms with Gasteiger partial charge in [-0.1, -0.05) is 41.6 Å². The minimum Gasteiger partial charge on any atom is -0.388 e. The van der Waals surface area contributed by atoms with E-state index in [9.17, 15) is 5.11 Å². The van der Waals surface area contributed by atoms with Gasteiger partial charge in [-0.3, -0.25) is 0 Å². The Labute approximate surface area is 122 Å². The fraction of sp³-hybridized carbons (Fsp3) is 0.188. The lowest BCUT2D eigenvalue weighted by molar-refractivity contribution is 0.165. The molecule has 0 radical (unpaired) electrons. The normalized spacial score (nSPS) is 12.3. The molecule has 0 bridgehead atoms. The zero-order chi connectivity index (χ0) is 14.7. The smallest absolute Gasteiger partial charge is 0.229 e. The number of aromatic nitrogens is 3. The van der Waals surface area contributed by atoms with Gasteiger partial charge in [-0.05, 0) is 24.6 Å². The fourth-order valence-electron chi connectivity index (χ4n) is 2.07. The summed E-state index contributed by atoms with van der Waals surface area (Å²) in [7, 11) is 0. The second-order valence-electron chi connectivity index (χ2n) is 4.81. The predicted octanol–water partition coefficient (Wildman–Crippen LogP) is 2.72. The summed E-state index contributed by atoms with van der Waals surface area (Å²) in [5.74, 6) is 0.832. The third kappa shape index (κ3) is 3.14. The van der Waals surface area contributed by atoms with E-state index < -0.39 is 6.10 Å². The van der Waals surface area contributed by atoms with Crippen molar-refractivity contribution in [3.63, 3.8) is 0 Å². The van der Waals surface area contributed by atoms with Gasteiger partial charge in [0, 0.05) is 5.69 Å². The molecule has 2 heterocycles. The summed E-state index contributed by atoms with van der Waals surface area (Å²) in [6.45, 7) is 1.91. The zero-order valence-corrected chi connectivity index (χ0v) is 11.6. The van der Waals surface area contributed by atoms with Crippen molar-refractivity contribution in [2.24, 2.45) is 0 Å². The molecule has 5 heteroatoms. The zero-order valence-electron chi connectivity index (χ0n) is 11.6. The molecule has 2 aromatic heterocycles. The molecule has 1 aromatic carbocycles. The van der Waals surface area contributed by atoms with Crippen LogP contribution in [-0.2, 0) is 6.42 Å². The molecule has 0 saturated heterocycles. The van der Waals surface area contributed by atoms with Gasteiger partial charge in [0.15, 0.2) is 0 Å². The Morgan fingerprint density at radius 1 is 1.05 bits per heavy atom. The van der Waals surface area contributed by atoms with Crippen LogP contribution in [0.2, 0.25) is 0 Å². The van der Waals surface area contributed by atoms with Crippen molar-refractivity contribution < 1.29 is 9.63 Å². The first-order valence-corrected chi connectivity index (χ1v) is 6.72. The van der Waals surface area contributed by atoms with Gasteiger partial charge >= 0.3 is 0 Å². The molecule has 0 aliphatic carbocycles. The molecule has 1 unspecified atom stereocenters. The van der Waals surface area contributed by atoms with Crippen molar-refractivity contribution >= 4 is 0 Å². The van der Waals surface area contributed by atoms with Gasteiger partial charge in [0.05, 0.1) is 12.5 Å². The Hall–Kier alpha value is -2.53. The molecule has 3 aromatic rings. The number of aliphatic hydroxyl groups is 1. The highest BCUT2D eigenvalue weighted by molar-refractivity contribution is 5.48. The minimum atomic E-state index is -0.662. The third-order valence-electron chi connectivity index (χ3n) is 3.14. The lowest BCUT2D eigenvalue weighted by atomic mass is 10.1. The van der Waals surface area contributed by atoms with Gasteiger partial charge in [0.1, 0.15) is 5.69 Å². The Morgan fingerprint density at radius 3 is 2.62 bits per heavy atom. The number of hydrogen-bond acceptors (Lipinski definition) is 5. The monoisotopic (exact) mass is 281 g/mol. The number of nitrogens with zero attached hydrogens (tertiary/aromatic N) is 3. The quantitative estimate of drug-likeness (QED) is 0.796. The Balaban J connectivity index is 1.76. The summed E-state index contributed by atoms with van der Waals surface area (Å²) < 4.78 is 5.19. The van der Waals surface area contributed by atoms with E-state index >= 15 is 0 Å². The molecule has 0 aliphatic heterocycles. The van der Waals surface area contributed by atoms with Crippen LogP contribution in [0.25, 0.3) is 11.5 Å². The maximum Gasteiger partial charge on any atom is 0.229 e. The van der Waals surface area contributed by atoms with Crippen molar-refractivity contribution in [2.45, 2.75) is 19.4 Å². The molecular weight excluding hydrogens is 266 g/mol. The van der Waals surface area contributed by atoms with Crippen LogP contribution in [0, 0.1) is 6.92 Å². The molecule has 0 aliphatic rings. The molecule has 0 spiro atoms. The molecule has 1 atom stereocenters. The van der Waals surface area contributed by atoms with Gasteiger partial charge in [-0.15, -0.1) is 0 Å². The SMILES string of the molecule is Cc1cccc(-c2noc(CC(O)c3ccccc3)n2)n1. The van der Waals surface area contributed by atoms with E-state index in [4.69, 9.17) is 4.52 Å². The van der Waals surface area contributed by atoms with Gasteiger partial charge in [-0.2, -0.15) is 4.98 Å². The molecule has 106 valence electrons. The summed E-state index contributed by atoms with van der Waals surface area (Å²) >= 11 is 0. The van der Waals surface area contributed by atoms with Crippen LogP contribution < -0.4 is 0 Å². The maximum absolute atomic E-state index is 10.2. The van der Waals surface area contributed by atoms with Crippen molar-refractivity contribution in [3.05, 3.63) is 65.7 Å². The topological polar surface area (TPSA) is 72.0 Å². The summed E-state index contributed by atoms with van der Waals surface area (Å²) in [6, 6.07) is 15.0. The van der Waals surface area contributed by atoms with Gasteiger partial charge in [0.25, 0.3) is 0 Å². The van der Waals surface area contributed by atoms with Crippen LogP contribution in [0.3, 0.4) is 0 Å². The van der Waals surface area contributed by atoms with Crippen LogP contribution in [0.5, 0.6) is 0 Å². The highest BCUT2D eigenvalue weighted by atomic mass is 16.5. The van der Waals surface area contributed by atoms with Gasteiger partial charge in [0.2, 0.25) is 11.7 Å². The van der Waals surface area contributed by atoms with E-state index in [1.54, 1.807) is 0 Å². The first-order chi connectivity index (χ1) is 10.2. The number of aliphatic hydroxyl groups excluding tert-OH is 1. The maximum atomic E-state index is 10.2. The Bertz CT molecular complexity index is 725. The lowest BCUT2D eigenvalue weighted by Crippen LogP contribution is -2.01. The molecule has 21 heavy (non-hydrogen) atoms. The van der Waals surface area contributed by atoms with Crippen molar-refractivity contribution in [1.82, 2.24) is 15.1 Å². The number of pyridine rings is 1. The van der Waals surface area contributed by atoms with Crippen molar-refractivity contribution in [1.29, 1.82) is 0 Å². The van der Waals surface area contributed by atoms with Gasteiger partial charge in [-0.25, -0.2) is 4.98 Å². The molecule has 0 saturated carbocycles. The molecule has 0 amide bonds. The standard InChI is InChI=1S/C16H15N3O2/c1-11-6-5-9-13(17-11)16-18-15(21-19-16)10-14(20)12-7-3-2-4-8-12/h2-9,14,20H,10H2,1H3. The summed E-state index contributed by atoms with van der Waals surface area (Å²) in [4.78, 5) is 8.63. The van der Waals surface area contributed by atoms with E-state index in [-0.39, 0.29) is 6.42 Å². The first kappa shape index (κ1) is 13.5. The third-order valence-corrected chi connectivity index (χ3v) is 3.14. The fourth-order valence-corrected chi connectivity index (χ4v) is 2.07. The highest BCUT2D eigenvalue weighted by Crippen LogP contribution is 2.19. The number of aryl methyl sites for hydroxylation is 1. The first-order valence-electron chi connectivity index (χ1n) is 6.72. The van der Waals surface area contributed by atoms with E-state index in [1.807, 2.05) is 55.5 Å². The summed E-state index contributed by atoms with van der Waals surface area (Å²) in [5, 5.41) is 14.1. The summed E-state index contributed by atoms with van der Waals surface area (Å²) in [5.41, 5.74) is 2.38. The van der Waals surface area contributed by atoms with Crippen LogP contribution in [0.15, 0.2) is 53.1 Å². The molecule has 5 nitrogen and oxygen atoms in total. The average molecular weight is 281 g/mol. The molecule has 1 N–H and O–H groups in total. The largest absolute Gasteiger partial charge is 0.388 e. The van der Waals surface area contributed by atoms with Crippen molar-refractivity contribution in [2.75, 3.05) is 0 Å². The van der Waals surface area contributed by atoms with Crippen LogP contribution in [0.1, 0.15) is 23.3 Å². The van der Waals surface area contributed by atoms with Crippen LogP contribution in [-0.4, -0.2) is 20.2 Å². The predicted molar refractivity (Wildman–Crippen MR) is 77.4 cm³/mol. The second kappa shape index (κ2) is 5.85. The second-order valence-corrected chi connectivity index (χ2v) is 4.81. The van der Waals surface area contributed by atoms with E-state index in [1.165, 1.54) is 0 Å². The van der Waals surface area contributed by atoms with E-state index in [2.05, 4.69) is 15.1 Å². The Kier molecular flexibility index (Phi) is 3.75. The van der Waals surface area contributed by atoms with E-state index in [0.717, 1.165) is 11.3 Å². The van der Waals surface area contributed by atoms with Crippen LogP contribution >= 0.6 is 0 Å². The van der Waals surface area contributed by atoms with Crippen molar-refractivity contribution in [3.8, 4) is 11.5 Å². The molecular formula is C16H15N3O2. The number of rotatable bonds is 4. The average Bonchev–Trinajstić information content (AvgIpc) is 2.97. The molecule has 3 rings (SSSR count). The van der Waals surface area contributed by atoms with Crippen LogP contribution in [0.4, 0.5) is 0 Å². The number of hydrogen-bond donors (Lipinski definition) is 1. The summed E-state index contributed by atoms with van der Waals surface area (Å²) in [6.07, 6.45) is -0.381. The minimum absolute atomic E-state index is 0.281. The Morgan fingerprint density at radius 2 is 1.86 bits per heavy atom. The molecule has 0 fully saturated rings.